The summed E-state index contributed by atoms with van der Waals surface area (Å²) in [6.45, 7) is 5.12. The van der Waals surface area contributed by atoms with Crippen LogP contribution in [0.15, 0.2) is 71.5 Å². The van der Waals surface area contributed by atoms with E-state index in [2.05, 4.69) is 0 Å². The molecule has 4 rings (SSSR count). The van der Waals surface area contributed by atoms with Crippen molar-refractivity contribution in [1.29, 1.82) is 0 Å². The van der Waals surface area contributed by atoms with Crippen LogP contribution in [0.4, 0.5) is 0 Å². The van der Waals surface area contributed by atoms with E-state index in [1.807, 2.05) is 62.4 Å². The highest BCUT2D eigenvalue weighted by Crippen LogP contribution is 2.28. The quantitative estimate of drug-likeness (QED) is 0.297. The monoisotopic (exact) mass is 532 g/mol. The van der Waals surface area contributed by atoms with Gasteiger partial charge in [0.15, 0.2) is 0 Å². The molecule has 0 spiro atoms. The molecule has 3 aromatic carbocycles. The van der Waals surface area contributed by atoms with Crippen LogP contribution in [0, 0.1) is 6.92 Å². The lowest BCUT2D eigenvalue weighted by atomic mass is 10.1. The van der Waals surface area contributed by atoms with E-state index < -0.39 is 6.04 Å². The molecular formula is C30H33ClN4O3. The third-order valence-corrected chi connectivity index (χ3v) is 6.88. The second kappa shape index (κ2) is 12.2. The molecule has 1 unspecified atom stereocenters. The van der Waals surface area contributed by atoms with Crippen molar-refractivity contribution < 1.29 is 9.53 Å². The van der Waals surface area contributed by atoms with Crippen LogP contribution >= 0.6 is 11.6 Å². The Morgan fingerprint density at radius 1 is 1.13 bits per heavy atom. The Kier molecular flexibility index (Phi) is 8.81. The Balaban J connectivity index is 1.89. The zero-order valence-corrected chi connectivity index (χ0v) is 22.7. The maximum absolute atomic E-state index is 13.9. The van der Waals surface area contributed by atoms with Crippen molar-refractivity contribution in [3.05, 3.63) is 105 Å². The maximum atomic E-state index is 13.9. The summed E-state index contributed by atoms with van der Waals surface area (Å²) in [5.74, 6) is 1.08. The predicted molar refractivity (Wildman–Crippen MR) is 152 cm³/mol. The first-order valence-electron chi connectivity index (χ1n) is 12.8. The number of methoxy groups -OCH3 is 1. The first kappa shape index (κ1) is 27.4. The number of carbonyl (C=O) groups is 1. The van der Waals surface area contributed by atoms with E-state index in [4.69, 9.17) is 27.1 Å². The van der Waals surface area contributed by atoms with E-state index in [9.17, 15) is 9.59 Å². The first-order valence-corrected chi connectivity index (χ1v) is 13.1. The Bertz CT molecular complexity index is 1480. The number of hydrogen-bond donors (Lipinski definition) is 1. The van der Waals surface area contributed by atoms with Gasteiger partial charge in [0, 0.05) is 17.1 Å². The third kappa shape index (κ3) is 5.90. The van der Waals surface area contributed by atoms with Gasteiger partial charge in [-0.1, -0.05) is 48.4 Å². The molecule has 8 heteroatoms. The molecule has 1 atom stereocenters. The number of rotatable bonds is 10. The van der Waals surface area contributed by atoms with E-state index in [1.54, 1.807) is 34.8 Å². The van der Waals surface area contributed by atoms with Crippen LogP contribution in [0.25, 0.3) is 10.9 Å². The summed E-state index contributed by atoms with van der Waals surface area (Å²) in [6.07, 6.45) is 1.17. The highest BCUT2D eigenvalue weighted by Gasteiger charge is 2.29. The highest BCUT2D eigenvalue weighted by atomic mass is 35.5. The Labute approximate surface area is 227 Å². The molecule has 0 saturated heterocycles. The standard InChI is InChI=1S/C30H33ClN4O3/c1-4-27(34(16-6-15-32)29(36)22-11-9-20(2)10-12-22)28-33-26-18-23(31)13-14-25(26)30(37)35(28)19-21-7-5-8-24(17-21)38-3/h5,7-14,17-18,27H,4,6,15-16,19,32H2,1-3H3. The van der Waals surface area contributed by atoms with Gasteiger partial charge in [0.25, 0.3) is 11.5 Å². The van der Waals surface area contributed by atoms with E-state index in [-0.39, 0.29) is 18.0 Å². The van der Waals surface area contributed by atoms with Gasteiger partial charge in [0.1, 0.15) is 11.6 Å². The normalized spacial score (nSPS) is 11.9. The van der Waals surface area contributed by atoms with Gasteiger partial charge in [-0.25, -0.2) is 4.98 Å². The van der Waals surface area contributed by atoms with Crippen LogP contribution in [0.5, 0.6) is 5.75 Å². The third-order valence-electron chi connectivity index (χ3n) is 6.65. The summed E-state index contributed by atoms with van der Waals surface area (Å²) in [7, 11) is 1.61. The summed E-state index contributed by atoms with van der Waals surface area (Å²) in [5, 5.41) is 0.957. The largest absolute Gasteiger partial charge is 0.497 e. The number of aromatic nitrogens is 2. The average molecular weight is 533 g/mol. The van der Waals surface area contributed by atoms with Crippen LogP contribution < -0.4 is 16.0 Å². The van der Waals surface area contributed by atoms with Gasteiger partial charge in [-0.2, -0.15) is 0 Å². The second-order valence-corrected chi connectivity index (χ2v) is 9.74. The SMILES string of the molecule is CCC(c1nc2cc(Cl)ccc2c(=O)n1Cc1cccc(OC)c1)N(CCCN)C(=O)c1ccc(C)cc1. The molecule has 198 valence electrons. The van der Waals surface area contributed by atoms with Gasteiger partial charge < -0.3 is 15.4 Å². The molecule has 0 fully saturated rings. The number of halogens is 1. The minimum Gasteiger partial charge on any atom is -0.497 e. The molecule has 0 bridgehead atoms. The van der Waals surface area contributed by atoms with Gasteiger partial charge in [-0.15, -0.1) is 0 Å². The smallest absolute Gasteiger partial charge is 0.261 e. The van der Waals surface area contributed by atoms with Crippen molar-refractivity contribution in [3.63, 3.8) is 0 Å². The Morgan fingerprint density at radius 3 is 2.58 bits per heavy atom. The number of nitrogens with two attached hydrogens (primary N) is 1. The molecule has 1 amide bonds. The molecule has 0 aliphatic carbocycles. The zero-order chi connectivity index (χ0) is 27.2. The number of hydrogen-bond acceptors (Lipinski definition) is 5. The molecule has 2 N–H and O–H groups in total. The zero-order valence-electron chi connectivity index (χ0n) is 22.0. The number of aryl methyl sites for hydroxylation is 1. The van der Waals surface area contributed by atoms with Gasteiger partial charge in [0.2, 0.25) is 0 Å². The van der Waals surface area contributed by atoms with E-state index >= 15 is 0 Å². The lowest BCUT2D eigenvalue weighted by Crippen LogP contribution is -2.40. The number of benzene rings is 3. The topological polar surface area (TPSA) is 90.5 Å². The molecule has 0 aliphatic rings. The lowest BCUT2D eigenvalue weighted by molar-refractivity contribution is 0.0656. The van der Waals surface area contributed by atoms with Crippen molar-refractivity contribution in [3.8, 4) is 5.75 Å². The van der Waals surface area contributed by atoms with Gasteiger partial charge in [-0.3, -0.25) is 14.2 Å². The fourth-order valence-electron chi connectivity index (χ4n) is 4.64. The van der Waals surface area contributed by atoms with Gasteiger partial charge >= 0.3 is 0 Å². The molecule has 4 aromatic rings. The number of ether oxygens (including phenoxy) is 1. The molecule has 38 heavy (non-hydrogen) atoms. The molecule has 1 heterocycles. The number of carbonyl (C=O) groups excluding carboxylic acids is 1. The van der Waals surface area contributed by atoms with Crippen LogP contribution in [0.3, 0.4) is 0 Å². The average Bonchev–Trinajstić information content (AvgIpc) is 2.92. The Hall–Kier alpha value is -3.68. The van der Waals surface area contributed by atoms with E-state index in [0.717, 1.165) is 11.1 Å². The van der Waals surface area contributed by atoms with Crippen molar-refractivity contribution in [1.82, 2.24) is 14.5 Å². The summed E-state index contributed by atoms with van der Waals surface area (Å²) >= 11 is 6.27. The lowest BCUT2D eigenvalue weighted by Gasteiger charge is -2.32. The molecule has 0 aliphatic heterocycles. The van der Waals surface area contributed by atoms with Crippen LogP contribution in [0.2, 0.25) is 5.02 Å². The van der Waals surface area contributed by atoms with Crippen LogP contribution in [-0.2, 0) is 6.54 Å². The van der Waals surface area contributed by atoms with E-state index in [0.29, 0.717) is 59.0 Å². The number of fused-ring (bicyclic) bond motifs is 1. The predicted octanol–water partition coefficient (Wildman–Crippen LogP) is 5.36. The van der Waals surface area contributed by atoms with E-state index in [1.165, 1.54) is 0 Å². The summed E-state index contributed by atoms with van der Waals surface area (Å²) in [4.78, 5) is 34.4. The first-order chi connectivity index (χ1) is 18.4. The van der Waals surface area contributed by atoms with Crippen LogP contribution in [-0.4, -0.2) is 40.6 Å². The van der Waals surface area contributed by atoms with Gasteiger partial charge in [-0.05, 0) is 74.3 Å². The molecule has 7 nitrogen and oxygen atoms in total. The fourth-order valence-corrected chi connectivity index (χ4v) is 4.80. The van der Waals surface area contributed by atoms with Crippen molar-refractivity contribution in [2.75, 3.05) is 20.2 Å². The molecule has 0 saturated carbocycles. The molecular weight excluding hydrogens is 500 g/mol. The molecule has 1 aromatic heterocycles. The van der Waals surface area contributed by atoms with Crippen molar-refractivity contribution >= 4 is 28.4 Å². The summed E-state index contributed by atoms with van der Waals surface area (Å²) in [6, 6.07) is 19.7. The summed E-state index contributed by atoms with van der Waals surface area (Å²) in [5.41, 5.74) is 8.70. The van der Waals surface area contributed by atoms with Crippen LogP contribution in [0.1, 0.15) is 53.1 Å². The minimum atomic E-state index is -0.461. The maximum Gasteiger partial charge on any atom is 0.261 e. The number of amides is 1. The number of nitrogens with zero attached hydrogens (tertiary/aromatic N) is 3. The second-order valence-electron chi connectivity index (χ2n) is 9.31. The highest BCUT2D eigenvalue weighted by molar-refractivity contribution is 6.31. The summed E-state index contributed by atoms with van der Waals surface area (Å²) < 4.78 is 7.06. The van der Waals surface area contributed by atoms with Crippen molar-refractivity contribution in [2.24, 2.45) is 5.73 Å². The fraction of sp³-hybridized carbons (Fsp3) is 0.300. The minimum absolute atomic E-state index is 0.126. The Morgan fingerprint density at radius 2 is 1.89 bits per heavy atom. The van der Waals surface area contributed by atoms with Crippen molar-refractivity contribution in [2.45, 2.75) is 39.3 Å². The molecule has 0 radical (unpaired) electrons. The van der Waals surface area contributed by atoms with Gasteiger partial charge in [0.05, 0.1) is 30.6 Å².